The number of hydrogen-bond acceptors (Lipinski definition) is 2. The third kappa shape index (κ3) is 4.91. The summed E-state index contributed by atoms with van der Waals surface area (Å²) in [6, 6.07) is 5.58. The molecule has 0 aromatic heterocycles. The number of aliphatic hydroxyl groups is 1. The summed E-state index contributed by atoms with van der Waals surface area (Å²) in [4.78, 5) is 14.5. The summed E-state index contributed by atoms with van der Waals surface area (Å²) < 4.78 is 0. The van der Waals surface area contributed by atoms with Gasteiger partial charge in [-0.2, -0.15) is 0 Å². The molecule has 0 fully saturated rings. The van der Waals surface area contributed by atoms with Gasteiger partial charge in [0.25, 0.3) is 5.91 Å². The van der Waals surface area contributed by atoms with E-state index in [0.29, 0.717) is 18.0 Å². The summed E-state index contributed by atoms with van der Waals surface area (Å²) in [5.74, 6) is 6.07. The van der Waals surface area contributed by atoms with Crippen LogP contribution in [-0.2, 0) is 0 Å². The molecule has 1 aromatic rings. The molecule has 0 saturated heterocycles. The molecule has 0 saturated carbocycles. The van der Waals surface area contributed by atoms with Crippen molar-refractivity contribution in [2.24, 2.45) is 5.92 Å². The minimum atomic E-state index is -0.174. The average Bonchev–Trinajstić information content (AvgIpc) is 2.50. The van der Waals surface area contributed by atoms with E-state index in [0.717, 1.165) is 24.1 Å². The van der Waals surface area contributed by atoms with Crippen LogP contribution in [0.15, 0.2) is 18.2 Å². The molecule has 0 spiro atoms. The fourth-order valence-electron chi connectivity index (χ4n) is 2.07. The molecule has 0 heterocycles. The maximum Gasteiger partial charge on any atom is 0.253 e. The highest BCUT2D eigenvalue weighted by Crippen LogP contribution is 2.14. The number of amides is 1. The van der Waals surface area contributed by atoms with Gasteiger partial charge in [-0.25, -0.2) is 0 Å². The molecule has 1 N–H and O–H groups in total. The maximum absolute atomic E-state index is 12.6. The Kier molecular flexibility index (Phi) is 6.98. The first-order valence-electron chi connectivity index (χ1n) is 7.53. The quantitative estimate of drug-likeness (QED) is 0.846. The number of rotatable bonds is 5. The molecular weight excluding hydrogens is 262 g/mol. The largest absolute Gasteiger partial charge is 0.384 e. The Morgan fingerprint density at radius 2 is 2.10 bits per heavy atom. The lowest BCUT2D eigenvalue weighted by Crippen LogP contribution is -2.34. The second-order valence-corrected chi connectivity index (χ2v) is 5.35. The van der Waals surface area contributed by atoms with Crippen LogP contribution < -0.4 is 0 Å². The summed E-state index contributed by atoms with van der Waals surface area (Å²) in [6.07, 6.45) is 1.06. The first kappa shape index (κ1) is 17.3. The van der Waals surface area contributed by atoms with Gasteiger partial charge in [0.05, 0.1) is 0 Å². The summed E-state index contributed by atoms with van der Waals surface area (Å²) in [7, 11) is 0. The molecular formula is C18H25NO2. The van der Waals surface area contributed by atoms with E-state index in [1.54, 1.807) is 0 Å². The van der Waals surface area contributed by atoms with Crippen LogP contribution in [0.4, 0.5) is 0 Å². The normalized spacial score (nSPS) is 11.5. The summed E-state index contributed by atoms with van der Waals surface area (Å²) in [6.45, 7) is 9.55. The Bertz CT molecular complexity index is 540. The van der Waals surface area contributed by atoms with Gasteiger partial charge >= 0.3 is 0 Å². The number of hydrogen-bond donors (Lipinski definition) is 1. The van der Waals surface area contributed by atoms with Gasteiger partial charge in [0.1, 0.15) is 6.61 Å². The monoisotopic (exact) mass is 287 g/mol. The van der Waals surface area contributed by atoms with Crippen LogP contribution in [0.1, 0.15) is 48.7 Å². The van der Waals surface area contributed by atoms with Crippen LogP contribution in [0.3, 0.4) is 0 Å². The van der Waals surface area contributed by atoms with E-state index in [2.05, 4.69) is 25.7 Å². The van der Waals surface area contributed by atoms with E-state index in [-0.39, 0.29) is 12.5 Å². The highest BCUT2D eigenvalue weighted by Gasteiger charge is 2.16. The number of nitrogens with zero attached hydrogens (tertiary/aromatic N) is 1. The molecule has 1 atom stereocenters. The third-order valence-corrected chi connectivity index (χ3v) is 3.68. The molecule has 0 radical (unpaired) electrons. The lowest BCUT2D eigenvalue weighted by Gasteiger charge is -2.24. The smallest absolute Gasteiger partial charge is 0.253 e. The second-order valence-electron chi connectivity index (χ2n) is 5.35. The molecule has 0 bridgehead atoms. The van der Waals surface area contributed by atoms with E-state index < -0.39 is 0 Å². The van der Waals surface area contributed by atoms with Crippen LogP contribution in [0.25, 0.3) is 0 Å². The number of carbonyl (C=O) groups excluding carboxylic acids is 1. The van der Waals surface area contributed by atoms with Gasteiger partial charge < -0.3 is 10.0 Å². The second kappa shape index (κ2) is 8.49. The Morgan fingerprint density at radius 1 is 1.38 bits per heavy atom. The van der Waals surface area contributed by atoms with Gasteiger partial charge in [-0.1, -0.05) is 38.2 Å². The molecule has 0 aliphatic heterocycles. The van der Waals surface area contributed by atoms with Crippen LogP contribution in [0, 0.1) is 24.7 Å². The zero-order chi connectivity index (χ0) is 15.8. The maximum atomic E-state index is 12.6. The Morgan fingerprint density at radius 3 is 2.67 bits per heavy atom. The van der Waals surface area contributed by atoms with Gasteiger partial charge in [0.15, 0.2) is 0 Å². The lowest BCUT2D eigenvalue weighted by atomic mass is 10.0. The zero-order valence-corrected chi connectivity index (χ0v) is 13.4. The lowest BCUT2D eigenvalue weighted by molar-refractivity contribution is 0.0741. The summed E-state index contributed by atoms with van der Waals surface area (Å²) in [5, 5.41) is 8.80. The van der Waals surface area contributed by atoms with Crippen molar-refractivity contribution in [3.63, 3.8) is 0 Å². The van der Waals surface area contributed by atoms with Crippen molar-refractivity contribution in [2.45, 2.75) is 34.1 Å². The Labute approximate surface area is 128 Å². The molecule has 114 valence electrons. The highest BCUT2D eigenvalue weighted by molar-refractivity contribution is 5.94. The predicted octanol–water partition coefficient (Wildman–Crippen LogP) is 2.85. The topological polar surface area (TPSA) is 40.5 Å². The summed E-state index contributed by atoms with van der Waals surface area (Å²) >= 11 is 0. The number of aliphatic hydroxyl groups excluding tert-OH is 1. The van der Waals surface area contributed by atoms with Crippen molar-refractivity contribution in [1.29, 1.82) is 0 Å². The minimum absolute atomic E-state index is 0.0462. The highest BCUT2D eigenvalue weighted by atomic mass is 16.2. The fraction of sp³-hybridized carbons (Fsp3) is 0.500. The van der Waals surface area contributed by atoms with Crippen molar-refractivity contribution >= 4 is 5.91 Å². The predicted molar refractivity (Wildman–Crippen MR) is 86.2 cm³/mol. The van der Waals surface area contributed by atoms with Crippen LogP contribution in [0.2, 0.25) is 0 Å². The van der Waals surface area contributed by atoms with E-state index in [9.17, 15) is 4.79 Å². The molecule has 1 rings (SSSR count). The molecule has 0 aliphatic carbocycles. The van der Waals surface area contributed by atoms with Gasteiger partial charge in [0, 0.05) is 24.2 Å². The van der Waals surface area contributed by atoms with E-state index in [4.69, 9.17) is 5.11 Å². The molecule has 1 amide bonds. The van der Waals surface area contributed by atoms with Gasteiger partial charge in [-0.3, -0.25) is 4.79 Å². The molecule has 1 unspecified atom stereocenters. The van der Waals surface area contributed by atoms with Crippen molar-refractivity contribution in [2.75, 3.05) is 19.7 Å². The molecule has 3 nitrogen and oxygen atoms in total. The zero-order valence-electron chi connectivity index (χ0n) is 13.4. The minimum Gasteiger partial charge on any atom is -0.384 e. The Balaban J connectivity index is 3.00. The van der Waals surface area contributed by atoms with Crippen molar-refractivity contribution in [3.05, 3.63) is 34.9 Å². The molecule has 1 aromatic carbocycles. The molecule has 0 aliphatic rings. The van der Waals surface area contributed by atoms with Crippen LogP contribution in [-0.4, -0.2) is 35.6 Å². The third-order valence-electron chi connectivity index (χ3n) is 3.68. The first-order chi connectivity index (χ1) is 10.0. The number of carbonyl (C=O) groups is 1. The van der Waals surface area contributed by atoms with E-state index in [1.807, 2.05) is 36.9 Å². The first-order valence-corrected chi connectivity index (χ1v) is 7.53. The van der Waals surface area contributed by atoms with Crippen molar-refractivity contribution in [3.8, 4) is 11.8 Å². The van der Waals surface area contributed by atoms with Crippen molar-refractivity contribution < 1.29 is 9.90 Å². The fourth-order valence-corrected chi connectivity index (χ4v) is 2.07. The van der Waals surface area contributed by atoms with Gasteiger partial charge in [-0.15, -0.1) is 0 Å². The van der Waals surface area contributed by atoms with E-state index >= 15 is 0 Å². The van der Waals surface area contributed by atoms with E-state index in [1.165, 1.54) is 0 Å². The number of aryl methyl sites for hydroxylation is 1. The van der Waals surface area contributed by atoms with Crippen molar-refractivity contribution in [1.82, 2.24) is 4.90 Å². The van der Waals surface area contributed by atoms with Gasteiger partial charge in [0.2, 0.25) is 0 Å². The number of benzene rings is 1. The standard InChI is InChI=1S/C18H25NO2/c1-5-14(3)13-19(6-2)18(21)17-10-9-15(4)16(12-17)8-7-11-20/h9-10,12,14,20H,5-6,11,13H2,1-4H3. The average molecular weight is 287 g/mol. The Hall–Kier alpha value is -1.79. The molecule has 21 heavy (non-hydrogen) atoms. The van der Waals surface area contributed by atoms with Gasteiger partial charge in [-0.05, 0) is 37.5 Å². The summed E-state index contributed by atoms with van der Waals surface area (Å²) in [5.41, 5.74) is 2.47. The van der Waals surface area contributed by atoms with Crippen LogP contribution >= 0.6 is 0 Å². The SMILES string of the molecule is CCC(C)CN(CC)C(=O)c1ccc(C)c(C#CCO)c1. The molecule has 3 heteroatoms. The van der Waals surface area contributed by atoms with Crippen LogP contribution in [0.5, 0.6) is 0 Å².